The van der Waals surface area contributed by atoms with Gasteiger partial charge < -0.3 is 14.6 Å². The number of rotatable bonds is 5. The number of aromatic amines is 1. The second-order valence-electron chi connectivity index (χ2n) is 4.45. The molecule has 0 saturated carbocycles. The fraction of sp³-hybridized carbons (Fsp3) is 0.200. The minimum atomic E-state index is -0.454. The molecule has 1 heterocycles. The molecular weight excluding hydrogens is 336 g/mol. The van der Waals surface area contributed by atoms with Crippen LogP contribution in [0.4, 0.5) is 0 Å². The van der Waals surface area contributed by atoms with E-state index in [0.717, 1.165) is 10.0 Å². The number of carbonyl (C=O) groups excluding carboxylic acids is 2. The third-order valence-electron chi connectivity index (χ3n) is 2.93. The van der Waals surface area contributed by atoms with Crippen LogP contribution in [-0.2, 0) is 16.1 Å². The van der Waals surface area contributed by atoms with Crippen molar-refractivity contribution in [2.75, 3.05) is 13.7 Å². The number of hydrogen-bond donors (Lipinski definition) is 1. The Hall–Kier alpha value is -2.08. The molecule has 0 saturated heterocycles. The molecule has 0 fully saturated rings. The molecular formula is C15H15BrN2O3. The van der Waals surface area contributed by atoms with E-state index in [-0.39, 0.29) is 12.5 Å². The molecule has 0 aliphatic heterocycles. The van der Waals surface area contributed by atoms with E-state index < -0.39 is 5.97 Å². The van der Waals surface area contributed by atoms with E-state index in [2.05, 4.69) is 25.7 Å². The molecule has 0 radical (unpaired) electrons. The summed E-state index contributed by atoms with van der Waals surface area (Å²) in [7, 11) is 1.30. The normalized spacial score (nSPS) is 10.2. The number of nitrogens with one attached hydrogen (secondary N) is 1. The van der Waals surface area contributed by atoms with Gasteiger partial charge >= 0.3 is 5.97 Å². The zero-order valence-electron chi connectivity index (χ0n) is 11.5. The van der Waals surface area contributed by atoms with Gasteiger partial charge in [0.2, 0.25) is 0 Å². The molecule has 1 N–H and O–H groups in total. The van der Waals surface area contributed by atoms with Gasteiger partial charge in [-0.05, 0) is 27.6 Å². The van der Waals surface area contributed by atoms with Crippen molar-refractivity contribution >= 4 is 27.8 Å². The van der Waals surface area contributed by atoms with Crippen LogP contribution >= 0.6 is 15.9 Å². The summed E-state index contributed by atoms with van der Waals surface area (Å²) in [4.78, 5) is 28.3. The van der Waals surface area contributed by atoms with Crippen molar-refractivity contribution in [3.63, 3.8) is 0 Å². The highest BCUT2D eigenvalue weighted by Gasteiger charge is 2.20. The van der Waals surface area contributed by atoms with E-state index in [9.17, 15) is 9.59 Å². The lowest BCUT2D eigenvalue weighted by atomic mass is 10.2. The Morgan fingerprint density at radius 3 is 2.57 bits per heavy atom. The van der Waals surface area contributed by atoms with Crippen molar-refractivity contribution in [1.29, 1.82) is 0 Å². The number of aromatic nitrogens is 1. The molecule has 6 heteroatoms. The van der Waals surface area contributed by atoms with Crippen LogP contribution in [-0.4, -0.2) is 35.4 Å². The largest absolute Gasteiger partial charge is 0.468 e. The molecule has 1 aromatic carbocycles. The first-order chi connectivity index (χ1) is 10.1. The SMILES string of the molecule is COC(=O)CN(Cc1ccccc1)C(=O)c1cc(Br)c[nH]1. The summed E-state index contributed by atoms with van der Waals surface area (Å²) < 4.78 is 5.44. The van der Waals surface area contributed by atoms with Gasteiger partial charge in [-0.2, -0.15) is 0 Å². The molecule has 0 spiro atoms. The first-order valence-electron chi connectivity index (χ1n) is 6.34. The number of H-pyrrole nitrogens is 1. The van der Waals surface area contributed by atoms with Gasteiger partial charge in [0, 0.05) is 17.2 Å². The average molecular weight is 351 g/mol. The van der Waals surface area contributed by atoms with Crippen LogP contribution in [0.2, 0.25) is 0 Å². The molecule has 5 nitrogen and oxygen atoms in total. The predicted molar refractivity (Wildman–Crippen MR) is 81.7 cm³/mol. The van der Waals surface area contributed by atoms with Crippen molar-refractivity contribution in [2.45, 2.75) is 6.54 Å². The van der Waals surface area contributed by atoms with E-state index in [1.165, 1.54) is 12.0 Å². The highest BCUT2D eigenvalue weighted by Crippen LogP contribution is 2.14. The Morgan fingerprint density at radius 1 is 1.29 bits per heavy atom. The molecule has 2 aromatic rings. The van der Waals surface area contributed by atoms with E-state index in [0.29, 0.717) is 12.2 Å². The molecule has 110 valence electrons. The van der Waals surface area contributed by atoms with Crippen LogP contribution in [0.25, 0.3) is 0 Å². The minimum absolute atomic E-state index is 0.0964. The monoisotopic (exact) mass is 350 g/mol. The number of methoxy groups -OCH3 is 1. The van der Waals surface area contributed by atoms with E-state index in [4.69, 9.17) is 0 Å². The van der Waals surface area contributed by atoms with Gasteiger partial charge in [-0.3, -0.25) is 9.59 Å². The van der Waals surface area contributed by atoms with Crippen molar-refractivity contribution in [2.24, 2.45) is 0 Å². The summed E-state index contributed by atoms with van der Waals surface area (Å²) in [5.74, 6) is -0.708. The molecule has 0 atom stereocenters. The second kappa shape index (κ2) is 7.08. The number of benzene rings is 1. The second-order valence-corrected chi connectivity index (χ2v) is 5.37. The van der Waals surface area contributed by atoms with Crippen molar-refractivity contribution in [3.8, 4) is 0 Å². The zero-order valence-corrected chi connectivity index (χ0v) is 13.1. The quantitative estimate of drug-likeness (QED) is 0.843. The summed E-state index contributed by atoms with van der Waals surface area (Å²) in [6, 6.07) is 11.2. The van der Waals surface area contributed by atoms with Gasteiger partial charge in [-0.15, -0.1) is 0 Å². The van der Waals surface area contributed by atoms with Crippen LogP contribution in [0.3, 0.4) is 0 Å². The van der Waals surface area contributed by atoms with Gasteiger partial charge in [0.25, 0.3) is 5.91 Å². The van der Waals surface area contributed by atoms with Crippen LogP contribution in [0.5, 0.6) is 0 Å². The summed E-state index contributed by atoms with van der Waals surface area (Å²) in [6.07, 6.45) is 1.67. The Kier molecular flexibility index (Phi) is 5.16. The van der Waals surface area contributed by atoms with Gasteiger partial charge in [0.15, 0.2) is 0 Å². The maximum atomic E-state index is 12.5. The molecule has 0 unspecified atom stereocenters. The molecule has 0 aliphatic rings. The van der Waals surface area contributed by atoms with Crippen LogP contribution in [0.1, 0.15) is 16.1 Å². The minimum Gasteiger partial charge on any atom is -0.468 e. The number of esters is 1. The van der Waals surface area contributed by atoms with Crippen molar-refractivity contribution in [3.05, 3.63) is 58.3 Å². The molecule has 2 rings (SSSR count). The Morgan fingerprint density at radius 2 is 2.00 bits per heavy atom. The fourth-order valence-electron chi connectivity index (χ4n) is 1.89. The number of ether oxygens (including phenoxy) is 1. The van der Waals surface area contributed by atoms with Crippen LogP contribution in [0, 0.1) is 0 Å². The first-order valence-corrected chi connectivity index (χ1v) is 7.13. The third kappa shape index (κ3) is 4.19. The number of nitrogens with zero attached hydrogens (tertiary/aromatic N) is 1. The van der Waals surface area contributed by atoms with Gasteiger partial charge in [-0.1, -0.05) is 30.3 Å². The van der Waals surface area contributed by atoms with Gasteiger partial charge in [-0.25, -0.2) is 0 Å². The number of halogens is 1. The first kappa shape index (κ1) is 15.3. The fourth-order valence-corrected chi connectivity index (χ4v) is 2.23. The lowest BCUT2D eigenvalue weighted by Crippen LogP contribution is -2.35. The topological polar surface area (TPSA) is 62.4 Å². The number of amides is 1. The van der Waals surface area contributed by atoms with Crippen LogP contribution in [0.15, 0.2) is 47.1 Å². The summed E-state index contributed by atoms with van der Waals surface area (Å²) in [5, 5.41) is 0. The number of carbonyl (C=O) groups is 2. The van der Waals surface area contributed by atoms with Crippen LogP contribution < -0.4 is 0 Å². The highest BCUT2D eigenvalue weighted by molar-refractivity contribution is 9.10. The average Bonchev–Trinajstić information content (AvgIpc) is 2.93. The summed E-state index contributed by atoms with van der Waals surface area (Å²) in [5.41, 5.74) is 1.36. The zero-order chi connectivity index (χ0) is 15.2. The predicted octanol–water partition coefficient (Wildman–Crippen LogP) is 2.59. The maximum absolute atomic E-state index is 12.5. The van der Waals surface area contributed by atoms with Crippen molar-refractivity contribution < 1.29 is 14.3 Å². The van der Waals surface area contributed by atoms with E-state index >= 15 is 0 Å². The number of hydrogen-bond acceptors (Lipinski definition) is 3. The smallest absolute Gasteiger partial charge is 0.325 e. The Bertz CT molecular complexity index is 625. The Labute approximate surface area is 131 Å². The molecule has 1 amide bonds. The standard InChI is InChI=1S/C15H15BrN2O3/c1-21-14(19)10-18(9-11-5-3-2-4-6-11)15(20)13-7-12(16)8-17-13/h2-8,17H,9-10H2,1H3. The molecule has 21 heavy (non-hydrogen) atoms. The summed E-state index contributed by atoms with van der Waals surface area (Å²) in [6.45, 7) is 0.242. The molecule has 0 bridgehead atoms. The highest BCUT2D eigenvalue weighted by atomic mass is 79.9. The molecule has 1 aromatic heterocycles. The maximum Gasteiger partial charge on any atom is 0.325 e. The lowest BCUT2D eigenvalue weighted by Gasteiger charge is -2.21. The summed E-state index contributed by atoms with van der Waals surface area (Å²) >= 11 is 3.29. The van der Waals surface area contributed by atoms with Gasteiger partial charge in [0.05, 0.1) is 7.11 Å². The van der Waals surface area contributed by atoms with Gasteiger partial charge in [0.1, 0.15) is 12.2 Å². The van der Waals surface area contributed by atoms with Crippen molar-refractivity contribution in [1.82, 2.24) is 9.88 Å². The third-order valence-corrected chi connectivity index (χ3v) is 3.39. The van der Waals surface area contributed by atoms with E-state index in [1.807, 2.05) is 30.3 Å². The Balaban J connectivity index is 2.19. The van der Waals surface area contributed by atoms with E-state index in [1.54, 1.807) is 12.3 Å². The lowest BCUT2D eigenvalue weighted by molar-refractivity contribution is -0.141. The molecule has 0 aliphatic carbocycles.